The second-order valence-electron chi connectivity index (χ2n) is 3.72. The molecule has 0 aliphatic carbocycles. The number of hydrogen-bond donors (Lipinski definition) is 0. The molecule has 0 saturated carbocycles. The summed E-state index contributed by atoms with van der Waals surface area (Å²) in [6, 6.07) is 8.17. The van der Waals surface area contributed by atoms with Crippen molar-refractivity contribution < 1.29 is 0 Å². The van der Waals surface area contributed by atoms with Gasteiger partial charge in [0.2, 0.25) is 0 Å². The summed E-state index contributed by atoms with van der Waals surface area (Å²) in [6.45, 7) is 4.54. The highest BCUT2D eigenvalue weighted by molar-refractivity contribution is 6.30. The molecule has 13 heavy (non-hydrogen) atoms. The molecule has 0 nitrogen and oxygen atoms in total. The smallest absolute Gasteiger partial charge is 0.0406 e. The molecule has 0 aromatic heterocycles. The van der Waals surface area contributed by atoms with E-state index in [2.05, 4.69) is 26.0 Å². The summed E-state index contributed by atoms with van der Waals surface area (Å²) in [5, 5.41) is 0.826. The normalized spacial score (nSPS) is 12.8. The molecule has 0 unspecified atom stereocenters. The van der Waals surface area contributed by atoms with Crippen LogP contribution in [0.15, 0.2) is 24.3 Å². The van der Waals surface area contributed by atoms with Crippen LogP contribution in [-0.4, -0.2) is 0 Å². The molecule has 72 valence electrons. The van der Waals surface area contributed by atoms with Crippen molar-refractivity contribution in [3.05, 3.63) is 34.9 Å². The van der Waals surface area contributed by atoms with Crippen molar-refractivity contribution in [1.29, 1.82) is 0 Å². The molecule has 0 N–H and O–H groups in total. The zero-order chi connectivity index (χ0) is 9.68. The lowest BCUT2D eigenvalue weighted by atomic mass is 9.97. The van der Waals surface area contributed by atoms with Crippen molar-refractivity contribution in [2.24, 2.45) is 5.92 Å². The average molecular weight is 197 g/mol. The maximum absolute atomic E-state index is 5.81. The van der Waals surface area contributed by atoms with Gasteiger partial charge in [-0.15, -0.1) is 0 Å². The van der Waals surface area contributed by atoms with E-state index in [4.69, 9.17) is 11.6 Å². The molecule has 0 bridgehead atoms. The van der Waals surface area contributed by atoms with Gasteiger partial charge in [-0.1, -0.05) is 50.4 Å². The molecule has 0 spiro atoms. The average Bonchev–Trinajstić information content (AvgIpc) is 2.09. The highest BCUT2D eigenvalue weighted by atomic mass is 35.5. The summed E-state index contributed by atoms with van der Waals surface area (Å²) < 4.78 is 0. The van der Waals surface area contributed by atoms with Crippen LogP contribution >= 0.6 is 11.6 Å². The predicted molar refractivity (Wildman–Crippen MR) is 59.2 cm³/mol. The summed E-state index contributed by atoms with van der Waals surface area (Å²) in [4.78, 5) is 0. The maximum atomic E-state index is 5.81. The second kappa shape index (κ2) is 5.29. The minimum absolute atomic E-state index is 0.783. The van der Waals surface area contributed by atoms with Gasteiger partial charge in [-0.2, -0.15) is 0 Å². The van der Waals surface area contributed by atoms with E-state index in [1.807, 2.05) is 12.1 Å². The lowest BCUT2D eigenvalue weighted by Crippen LogP contribution is -1.98. The molecule has 1 atom stereocenters. The molecule has 0 saturated heterocycles. The third kappa shape index (κ3) is 3.82. The van der Waals surface area contributed by atoms with E-state index in [-0.39, 0.29) is 0 Å². The Morgan fingerprint density at radius 3 is 2.38 bits per heavy atom. The minimum Gasteiger partial charge on any atom is -0.0843 e. The lowest BCUT2D eigenvalue weighted by molar-refractivity contribution is 0.522. The summed E-state index contributed by atoms with van der Waals surface area (Å²) >= 11 is 5.81. The lowest BCUT2D eigenvalue weighted by Gasteiger charge is -2.09. The zero-order valence-corrected chi connectivity index (χ0v) is 9.14. The molecular formula is C12H17Cl. The van der Waals surface area contributed by atoms with Crippen molar-refractivity contribution in [2.75, 3.05) is 0 Å². The first-order valence-corrected chi connectivity index (χ1v) is 5.34. The van der Waals surface area contributed by atoms with E-state index in [9.17, 15) is 0 Å². The van der Waals surface area contributed by atoms with Crippen LogP contribution in [0.25, 0.3) is 0 Å². The van der Waals surface area contributed by atoms with Gasteiger partial charge in [-0.25, -0.2) is 0 Å². The molecule has 1 aromatic rings. The van der Waals surface area contributed by atoms with Crippen LogP contribution in [0.1, 0.15) is 32.3 Å². The summed E-state index contributed by atoms with van der Waals surface area (Å²) in [5.41, 5.74) is 1.39. The van der Waals surface area contributed by atoms with E-state index in [0.717, 1.165) is 10.9 Å². The summed E-state index contributed by atoms with van der Waals surface area (Å²) in [5.74, 6) is 0.783. The van der Waals surface area contributed by atoms with Crippen LogP contribution in [-0.2, 0) is 6.42 Å². The first-order valence-electron chi connectivity index (χ1n) is 4.96. The molecule has 0 aliphatic heterocycles. The first kappa shape index (κ1) is 10.6. The van der Waals surface area contributed by atoms with Gasteiger partial charge in [0, 0.05) is 5.02 Å². The fraction of sp³-hybridized carbons (Fsp3) is 0.500. The predicted octanol–water partition coefficient (Wildman–Crippen LogP) is 4.32. The highest BCUT2D eigenvalue weighted by Crippen LogP contribution is 2.15. The Morgan fingerprint density at radius 1 is 1.23 bits per heavy atom. The molecule has 0 fully saturated rings. The van der Waals surface area contributed by atoms with Crippen molar-refractivity contribution in [3.8, 4) is 0 Å². The Hall–Kier alpha value is -0.490. The Bertz CT molecular complexity index is 238. The zero-order valence-electron chi connectivity index (χ0n) is 8.39. The van der Waals surface area contributed by atoms with Crippen molar-refractivity contribution in [2.45, 2.75) is 33.1 Å². The van der Waals surface area contributed by atoms with Gasteiger partial charge < -0.3 is 0 Å². The van der Waals surface area contributed by atoms with Crippen molar-refractivity contribution in [3.63, 3.8) is 0 Å². The Balaban J connectivity index is 2.49. The van der Waals surface area contributed by atoms with Crippen LogP contribution in [0.4, 0.5) is 0 Å². The fourth-order valence-electron chi connectivity index (χ4n) is 1.62. The van der Waals surface area contributed by atoms with E-state index in [1.54, 1.807) is 0 Å². The first-order chi connectivity index (χ1) is 6.22. The molecule has 0 aliphatic rings. The number of rotatable bonds is 4. The number of hydrogen-bond acceptors (Lipinski definition) is 0. The van der Waals surface area contributed by atoms with Crippen molar-refractivity contribution >= 4 is 11.6 Å². The van der Waals surface area contributed by atoms with Gasteiger partial charge in [0.25, 0.3) is 0 Å². The molecule has 0 radical (unpaired) electrons. The van der Waals surface area contributed by atoms with E-state index >= 15 is 0 Å². The summed E-state index contributed by atoms with van der Waals surface area (Å²) in [7, 11) is 0. The van der Waals surface area contributed by atoms with E-state index in [1.165, 1.54) is 24.8 Å². The van der Waals surface area contributed by atoms with Crippen LogP contribution in [0, 0.1) is 5.92 Å². The van der Waals surface area contributed by atoms with E-state index in [0.29, 0.717) is 0 Å². The van der Waals surface area contributed by atoms with Gasteiger partial charge in [0.05, 0.1) is 0 Å². The molecular weight excluding hydrogens is 180 g/mol. The molecule has 0 amide bonds. The third-order valence-corrected chi connectivity index (χ3v) is 2.53. The second-order valence-corrected chi connectivity index (χ2v) is 4.16. The van der Waals surface area contributed by atoms with Gasteiger partial charge in [-0.05, 0) is 30.0 Å². The highest BCUT2D eigenvalue weighted by Gasteiger charge is 2.01. The minimum atomic E-state index is 0.783. The fourth-order valence-corrected chi connectivity index (χ4v) is 1.74. The molecule has 0 heterocycles. The number of halogens is 1. The Labute approximate surface area is 85.9 Å². The third-order valence-electron chi connectivity index (χ3n) is 2.28. The number of benzene rings is 1. The van der Waals surface area contributed by atoms with E-state index < -0.39 is 0 Å². The Kier molecular flexibility index (Phi) is 4.31. The topological polar surface area (TPSA) is 0 Å². The van der Waals surface area contributed by atoms with Crippen LogP contribution in [0.3, 0.4) is 0 Å². The van der Waals surface area contributed by atoms with Gasteiger partial charge in [-0.3, -0.25) is 0 Å². The molecule has 1 heteroatoms. The standard InChI is InChI=1S/C12H17Cl/c1-3-4-10(2)9-11-5-7-12(13)8-6-11/h5-8,10H,3-4,9H2,1-2H3/t10-/m0/s1. The Morgan fingerprint density at radius 2 is 1.85 bits per heavy atom. The largest absolute Gasteiger partial charge is 0.0843 e. The van der Waals surface area contributed by atoms with Gasteiger partial charge in [0.15, 0.2) is 0 Å². The SMILES string of the molecule is CCC[C@H](C)Cc1ccc(Cl)cc1. The van der Waals surface area contributed by atoms with Crippen LogP contribution in [0.2, 0.25) is 5.02 Å². The molecule has 1 aromatic carbocycles. The van der Waals surface area contributed by atoms with Crippen molar-refractivity contribution in [1.82, 2.24) is 0 Å². The van der Waals surface area contributed by atoms with Crippen LogP contribution < -0.4 is 0 Å². The van der Waals surface area contributed by atoms with Gasteiger partial charge >= 0.3 is 0 Å². The monoisotopic (exact) mass is 196 g/mol. The van der Waals surface area contributed by atoms with Gasteiger partial charge in [0.1, 0.15) is 0 Å². The van der Waals surface area contributed by atoms with Crippen LogP contribution in [0.5, 0.6) is 0 Å². The summed E-state index contributed by atoms with van der Waals surface area (Å²) in [6.07, 6.45) is 3.75. The maximum Gasteiger partial charge on any atom is 0.0406 e. The molecule has 1 rings (SSSR count). The quantitative estimate of drug-likeness (QED) is 0.673.